The fourth-order valence-corrected chi connectivity index (χ4v) is 3.16. The van der Waals surface area contributed by atoms with Crippen molar-refractivity contribution in [3.8, 4) is 22.3 Å². The summed E-state index contributed by atoms with van der Waals surface area (Å²) in [7, 11) is 5.52. The van der Waals surface area contributed by atoms with Crippen LogP contribution in [-0.4, -0.2) is 0 Å². The molecule has 0 saturated carbocycles. The fourth-order valence-electron chi connectivity index (χ4n) is 2.72. The van der Waals surface area contributed by atoms with Gasteiger partial charge in [-0.05, 0) is 57.8 Å². The number of hydrogen-bond acceptors (Lipinski definition) is 0. The minimum absolute atomic E-state index is 1.00. The van der Waals surface area contributed by atoms with Crippen LogP contribution in [-0.2, 0) is 6.16 Å². The summed E-state index contributed by atoms with van der Waals surface area (Å²) in [6.07, 6.45) is 1.00. The van der Waals surface area contributed by atoms with E-state index in [9.17, 15) is 0 Å². The maximum Gasteiger partial charge on any atom is -0.0128 e. The van der Waals surface area contributed by atoms with E-state index in [0.29, 0.717) is 0 Å². The van der Waals surface area contributed by atoms with Crippen molar-refractivity contribution in [3.05, 3.63) is 77.9 Å². The van der Waals surface area contributed by atoms with Crippen LogP contribution in [0.4, 0.5) is 0 Å². The molecule has 0 saturated heterocycles. The maximum atomic E-state index is 2.79. The molecule has 0 aliphatic rings. The summed E-state index contributed by atoms with van der Waals surface area (Å²) >= 11 is 0. The Morgan fingerprint density at radius 1 is 0.773 bits per heavy atom. The van der Waals surface area contributed by atoms with Crippen molar-refractivity contribution in [1.82, 2.24) is 0 Å². The lowest BCUT2D eigenvalue weighted by Gasteiger charge is -2.10. The highest BCUT2D eigenvalue weighted by atomic mass is 31.0. The Hall–Kier alpha value is -1.48. The van der Waals surface area contributed by atoms with E-state index in [-0.39, 0.29) is 0 Å². The van der Waals surface area contributed by atoms with E-state index in [1.807, 2.05) is 0 Å². The van der Waals surface area contributed by atoms with Crippen molar-refractivity contribution >= 4 is 23.8 Å². The average molecular weight is 322 g/mol. The van der Waals surface area contributed by atoms with Gasteiger partial charge < -0.3 is 0 Å². The highest BCUT2D eigenvalue weighted by molar-refractivity contribution is 7.27. The van der Waals surface area contributed by atoms with Crippen molar-refractivity contribution in [2.45, 2.75) is 13.1 Å². The number of rotatable bonds is 3. The smallest absolute Gasteiger partial charge is 0.0128 e. The van der Waals surface area contributed by atoms with Crippen molar-refractivity contribution in [3.63, 3.8) is 0 Å². The summed E-state index contributed by atoms with van der Waals surface area (Å²) in [5, 5.41) is 1.21. The van der Waals surface area contributed by atoms with E-state index >= 15 is 0 Å². The zero-order valence-corrected chi connectivity index (χ0v) is 15.0. The molecule has 2 atom stereocenters. The molecule has 3 aromatic carbocycles. The van der Waals surface area contributed by atoms with Gasteiger partial charge in [0.25, 0.3) is 0 Å². The van der Waals surface area contributed by atoms with Gasteiger partial charge in [0.15, 0.2) is 0 Å². The van der Waals surface area contributed by atoms with Gasteiger partial charge in [0, 0.05) is 0 Å². The van der Waals surface area contributed by atoms with Crippen LogP contribution in [0.5, 0.6) is 0 Å². The molecule has 0 bridgehead atoms. The van der Waals surface area contributed by atoms with Gasteiger partial charge in [-0.25, -0.2) is 0 Å². The Morgan fingerprint density at radius 3 is 2.18 bits per heavy atom. The summed E-state index contributed by atoms with van der Waals surface area (Å²) in [6, 6.07) is 24.1. The molecule has 0 aromatic heterocycles. The average Bonchev–Trinajstić information content (AvgIpc) is 2.55. The molecule has 0 heterocycles. The standard InChI is InChI=1S/C20H20P2/c1-14-11-15(13-21)5-10-20(14)18-4-2-3-17(12-18)16-6-8-19(22)9-7-16/h2-12H,13,21-22H2,1H3. The molecule has 3 rings (SSSR count). The third-order valence-electron chi connectivity index (χ3n) is 3.94. The molecule has 0 fully saturated rings. The van der Waals surface area contributed by atoms with Crippen LogP contribution in [0.15, 0.2) is 66.7 Å². The van der Waals surface area contributed by atoms with Crippen LogP contribution in [0.1, 0.15) is 11.1 Å². The van der Waals surface area contributed by atoms with E-state index in [4.69, 9.17) is 0 Å². The molecule has 3 aromatic rings. The topological polar surface area (TPSA) is 0 Å². The van der Waals surface area contributed by atoms with Crippen molar-refractivity contribution in [2.75, 3.05) is 0 Å². The van der Waals surface area contributed by atoms with Crippen LogP contribution < -0.4 is 5.30 Å². The lowest BCUT2D eigenvalue weighted by atomic mass is 9.95. The highest BCUT2D eigenvalue weighted by Crippen LogP contribution is 2.29. The molecular formula is C20H20P2. The first-order chi connectivity index (χ1) is 10.7. The zero-order valence-electron chi connectivity index (χ0n) is 12.7. The highest BCUT2D eigenvalue weighted by Gasteiger charge is 2.05. The third kappa shape index (κ3) is 3.30. The summed E-state index contributed by atoms with van der Waals surface area (Å²) in [6.45, 7) is 2.19. The molecule has 0 aliphatic carbocycles. The molecule has 0 radical (unpaired) electrons. The minimum Gasteiger partial charge on any atom is -0.133 e. The Bertz CT molecular complexity index is 789. The Kier molecular flexibility index (Phi) is 4.72. The molecule has 2 heteroatoms. The maximum absolute atomic E-state index is 2.79. The second-order valence-electron chi connectivity index (χ2n) is 5.56. The van der Waals surface area contributed by atoms with E-state index in [2.05, 4.69) is 92.1 Å². The fraction of sp³-hybridized carbons (Fsp3) is 0.100. The first-order valence-electron chi connectivity index (χ1n) is 7.43. The minimum atomic E-state index is 1.00. The summed E-state index contributed by atoms with van der Waals surface area (Å²) < 4.78 is 0. The van der Waals surface area contributed by atoms with Crippen LogP contribution in [0.2, 0.25) is 0 Å². The second kappa shape index (κ2) is 6.74. The van der Waals surface area contributed by atoms with Crippen molar-refractivity contribution < 1.29 is 0 Å². The third-order valence-corrected chi connectivity index (χ3v) is 4.80. The quantitative estimate of drug-likeness (QED) is 0.581. The first-order valence-corrected chi connectivity index (χ1v) is 8.83. The molecule has 0 nitrogen and oxygen atoms in total. The summed E-state index contributed by atoms with van der Waals surface area (Å²) in [4.78, 5) is 0. The molecular weight excluding hydrogens is 302 g/mol. The Labute approximate surface area is 137 Å². The Morgan fingerprint density at radius 2 is 1.50 bits per heavy atom. The monoisotopic (exact) mass is 322 g/mol. The van der Waals surface area contributed by atoms with E-state index < -0.39 is 0 Å². The lowest BCUT2D eigenvalue weighted by Crippen LogP contribution is -1.89. The molecule has 110 valence electrons. The molecule has 0 spiro atoms. The predicted molar refractivity (Wildman–Crippen MR) is 105 cm³/mol. The van der Waals surface area contributed by atoms with Crippen molar-refractivity contribution in [2.24, 2.45) is 0 Å². The van der Waals surface area contributed by atoms with Gasteiger partial charge in [0.1, 0.15) is 0 Å². The van der Waals surface area contributed by atoms with E-state index in [1.54, 1.807) is 0 Å². The summed E-state index contributed by atoms with van der Waals surface area (Å²) in [5.74, 6) is 0. The van der Waals surface area contributed by atoms with Crippen LogP contribution in [0.3, 0.4) is 0 Å². The van der Waals surface area contributed by atoms with E-state index in [1.165, 1.54) is 38.7 Å². The van der Waals surface area contributed by atoms with Gasteiger partial charge in [-0.2, -0.15) is 0 Å². The SMILES string of the molecule is Cc1cc(CP)ccc1-c1cccc(-c2ccc(P)cc2)c1. The Balaban J connectivity index is 2.02. The van der Waals surface area contributed by atoms with Crippen LogP contribution in [0.25, 0.3) is 22.3 Å². The summed E-state index contributed by atoms with van der Waals surface area (Å²) in [5.41, 5.74) is 7.80. The predicted octanol–water partition coefficient (Wildman–Crippen LogP) is 5.20. The van der Waals surface area contributed by atoms with Crippen LogP contribution in [0, 0.1) is 6.92 Å². The van der Waals surface area contributed by atoms with E-state index in [0.717, 1.165) is 6.16 Å². The molecule has 22 heavy (non-hydrogen) atoms. The largest absolute Gasteiger partial charge is 0.133 e. The van der Waals surface area contributed by atoms with Gasteiger partial charge in [-0.15, -0.1) is 18.5 Å². The van der Waals surface area contributed by atoms with Gasteiger partial charge in [0.2, 0.25) is 0 Å². The van der Waals surface area contributed by atoms with Gasteiger partial charge >= 0.3 is 0 Å². The molecule has 2 unspecified atom stereocenters. The first kappa shape index (κ1) is 15.4. The van der Waals surface area contributed by atoms with Gasteiger partial charge in [-0.1, -0.05) is 60.7 Å². The number of aryl methyl sites for hydroxylation is 1. The molecule has 0 amide bonds. The second-order valence-corrected chi connectivity index (χ2v) is 6.63. The normalized spacial score (nSPS) is 10.7. The zero-order chi connectivity index (χ0) is 15.5. The van der Waals surface area contributed by atoms with Crippen molar-refractivity contribution in [1.29, 1.82) is 0 Å². The molecule has 0 N–H and O–H groups in total. The van der Waals surface area contributed by atoms with Crippen LogP contribution >= 0.6 is 18.5 Å². The lowest BCUT2D eigenvalue weighted by molar-refractivity contribution is 1.35. The van der Waals surface area contributed by atoms with Gasteiger partial charge in [-0.3, -0.25) is 0 Å². The number of benzene rings is 3. The van der Waals surface area contributed by atoms with Gasteiger partial charge in [0.05, 0.1) is 0 Å². The molecule has 0 aliphatic heterocycles. The number of hydrogen-bond donors (Lipinski definition) is 0.